The third kappa shape index (κ3) is 2.04. The van der Waals surface area contributed by atoms with E-state index in [1.165, 1.54) is 0 Å². The van der Waals surface area contributed by atoms with E-state index in [1.54, 1.807) is 0 Å². The first-order valence-corrected chi connectivity index (χ1v) is 4.46. The van der Waals surface area contributed by atoms with E-state index in [2.05, 4.69) is 0 Å². The lowest BCUT2D eigenvalue weighted by Gasteiger charge is -2.19. The van der Waals surface area contributed by atoms with Crippen LogP contribution < -0.4 is 0 Å². The molecule has 1 fully saturated rings. The Kier molecular flexibility index (Phi) is 2.44. The van der Waals surface area contributed by atoms with Gasteiger partial charge in [-0.3, -0.25) is 8.74 Å². The van der Waals surface area contributed by atoms with Crippen molar-refractivity contribution < 1.29 is 12.9 Å². The summed E-state index contributed by atoms with van der Waals surface area (Å²) >= 11 is -2.09. The molecule has 0 aromatic heterocycles. The molecule has 1 aliphatic rings. The van der Waals surface area contributed by atoms with Crippen LogP contribution >= 0.6 is 0 Å². The maximum Gasteiger partial charge on any atom is 0.302 e. The van der Waals surface area contributed by atoms with Gasteiger partial charge in [-0.05, 0) is 19.8 Å². The minimum atomic E-state index is -2.09. The Labute approximate surface area is 63.3 Å². The molecule has 1 rings (SSSR count). The van der Waals surface area contributed by atoms with Crippen LogP contribution in [0.4, 0.5) is 0 Å². The van der Waals surface area contributed by atoms with Crippen LogP contribution in [0.15, 0.2) is 0 Å². The van der Waals surface area contributed by atoms with Gasteiger partial charge in [-0.2, -0.15) is 4.21 Å². The van der Waals surface area contributed by atoms with Gasteiger partial charge in [0.05, 0.1) is 5.60 Å². The Hall–Kier alpha value is 0.0700. The van der Waals surface area contributed by atoms with Gasteiger partial charge in [0, 0.05) is 0 Å². The molecule has 60 valence electrons. The minimum absolute atomic E-state index is 0.334. The summed E-state index contributed by atoms with van der Waals surface area (Å²) in [6.07, 6.45) is 4.01. The van der Waals surface area contributed by atoms with Gasteiger partial charge in [-0.25, -0.2) is 0 Å². The van der Waals surface area contributed by atoms with Gasteiger partial charge in [-0.15, -0.1) is 0 Å². The molecule has 0 radical (unpaired) electrons. The van der Waals surface area contributed by atoms with Crippen LogP contribution in [0.2, 0.25) is 0 Å². The molecule has 0 bridgehead atoms. The molecule has 0 aromatic carbocycles. The molecular weight excluding hydrogens is 152 g/mol. The standard InChI is InChI=1S/C6H12O3S/c1-6(9-10(7)8)4-2-3-5-6/h2-5H2,1H3,(H,7,8). The largest absolute Gasteiger partial charge is 0.302 e. The SMILES string of the molecule is CC1(OS(=O)O)CCCC1. The van der Waals surface area contributed by atoms with Gasteiger partial charge < -0.3 is 0 Å². The Balaban J connectivity index is 2.43. The number of hydrogen-bond donors (Lipinski definition) is 1. The van der Waals surface area contributed by atoms with Crippen LogP contribution in [0.5, 0.6) is 0 Å². The van der Waals surface area contributed by atoms with Gasteiger partial charge in [-0.1, -0.05) is 12.8 Å². The summed E-state index contributed by atoms with van der Waals surface area (Å²) in [6.45, 7) is 1.88. The second-order valence-electron chi connectivity index (χ2n) is 2.96. The van der Waals surface area contributed by atoms with E-state index >= 15 is 0 Å². The Bertz CT molecular complexity index is 140. The van der Waals surface area contributed by atoms with Gasteiger partial charge in [0.2, 0.25) is 0 Å². The highest BCUT2D eigenvalue weighted by atomic mass is 32.2. The van der Waals surface area contributed by atoms with Crippen molar-refractivity contribution in [3.8, 4) is 0 Å². The molecular formula is C6H12O3S. The van der Waals surface area contributed by atoms with Crippen molar-refractivity contribution in [1.29, 1.82) is 0 Å². The normalized spacial score (nSPS) is 26.6. The van der Waals surface area contributed by atoms with E-state index in [0.29, 0.717) is 0 Å². The summed E-state index contributed by atoms with van der Waals surface area (Å²) in [4.78, 5) is 0. The highest BCUT2D eigenvalue weighted by Crippen LogP contribution is 2.32. The predicted octanol–water partition coefficient (Wildman–Crippen LogP) is 1.47. The van der Waals surface area contributed by atoms with E-state index in [1.807, 2.05) is 6.92 Å². The van der Waals surface area contributed by atoms with Gasteiger partial charge in [0.1, 0.15) is 0 Å². The molecule has 1 aliphatic carbocycles. The van der Waals surface area contributed by atoms with Crippen molar-refractivity contribution in [3.63, 3.8) is 0 Å². The molecule has 0 saturated heterocycles. The first-order valence-electron chi connectivity index (χ1n) is 3.43. The van der Waals surface area contributed by atoms with Gasteiger partial charge in [0.25, 0.3) is 0 Å². The molecule has 0 spiro atoms. The van der Waals surface area contributed by atoms with Crippen molar-refractivity contribution in [2.24, 2.45) is 0 Å². The third-order valence-electron chi connectivity index (χ3n) is 1.93. The van der Waals surface area contributed by atoms with Crippen LogP contribution in [-0.4, -0.2) is 14.4 Å². The van der Waals surface area contributed by atoms with Gasteiger partial charge in [0.15, 0.2) is 0 Å². The zero-order chi connectivity index (χ0) is 7.61. The summed E-state index contributed by atoms with van der Waals surface area (Å²) in [5.41, 5.74) is -0.334. The Morgan fingerprint density at radius 3 is 2.40 bits per heavy atom. The van der Waals surface area contributed by atoms with Crippen molar-refractivity contribution in [2.45, 2.75) is 38.2 Å². The smallest absolute Gasteiger partial charge is 0.284 e. The fourth-order valence-corrected chi connectivity index (χ4v) is 1.89. The molecule has 1 N–H and O–H groups in total. The van der Waals surface area contributed by atoms with Crippen molar-refractivity contribution >= 4 is 11.4 Å². The van der Waals surface area contributed by atoms with Crippen molar-refractivity contribution in [3.05, 3.63) is 0 Å². The Morgan fingerprint density at radius 2 is 2.00 bits per heavy atom. The lowest BCUT2D eigenvalue weighted by Crippen LogP contribution is -2.24. The summed E-state index contributed by atoms with van der Waals surface area (Å²) in [5.74, 6) is 0. The molecule has 0 aromatic rings. The second-order valence-corrected chi connectivity index (χ2v) is 3.56. The first-order chi connectivity index (χ1) is 4.62. The summed E-state index contributed by atoms with van der Waals surface area (Å²) < 4.78 is 23.5. The number of hydrogen-bond acceptors (Lipinski definition) is 2. The van der Waals surface area contributed by atoms with Crippen LogP contribution in [0.25, 0.3) is 0 Å². The van der Waals surface area contributed by atoms with Crippen LogP contribution in [-0.2, 0) is 15.5 Å². The van der Waals surface area contributed by atoms with Crippen LogP contribution in [0.3, 0.4) is 0 Å². The molecule has 1 saturated carbocycles. The monoisotopic (exact) mass is 164 g/mol. The molecule has 0 aliphatic heterocycles. The fourth-order valence-electron chi connectivity index (χ4n) is 1.38. The molecule has 0 amide bonds. The molecule has 4 heteroatoms. The summed E-state index contributed by atoms with van der Waals surface area (Å²) in [5, 5.41) is 0. The van der Waals surface area contributed by atoms with Crippen molar-refractivity contribution in [1.82, 2.24) is 0 Å². The van der Waals surface area contributed by atoms with Crippen LogP contribution in [0, 0.1) is 0 Å². The lowest BCUT2D eigenvalue weighted by molar-refractivity contribution is 0.102. The van der Waals surface area contributed by atoms with E-state index < -0.39 is 11.4 Å². The van der Waals surface area contributed by atoms with Crippen LogP contribution in [0.1, 0.15) is 32.6 Å². The van der Waals surface area contributed by atoms with Gasteiger partial charge >= 0.3 is 11.4 Å². The molecule has 0 heterocycles. The van der Waals surface area contributed by atoms with Crippen molar-refractivity contribution in [2.75, 3.05) is 0 Å². The first kappa shape index (κ1) is 8.17. The highest BCUT2D eigenvalue weighted by Gasteiger charge is 2.31. The molecule has 10 heavy (non-hydrogen) atoms. The van der Waals surface area contributed by atoms with E-state index in [-0.39, 0.29) is 5.60 Å². The summed E-state index contributed by atoms with van der Waals surface area (Å²) in [7, 11) is 0. The lowest BCUT2D eigenvalue weighted by atomic mass is 10.1. The zero-order valence-corrected chi connectivity index (χ0v) is 6.82. The average Bonchev–Trinajstić information content (AvgIpc) is 2.12. The molecule has 3 nitrogen and oxygen atoms in total. The second kappa shape index (κ2) is 2.98. The van der Waals surface area contributed by atoms with E-state index in [0.717, 1.165) is 25.7 Å². The highest BCUT2D eigenvalue weighted by molar-refractivity contribution is 7.74. The minimum Gasteiger partial charge on any atom is -0.284 e. The maximum atomic E-state index is 10.2. The third-order valence-corrected chi connectivity index (χ3v) is 2.48. The summed E-state index contributed by atoms with van der Waals surface area (Å²) in [6, 6.07) is 0. The number of rotatable bonds is 2. The fraction of sp³-hybridized carbons (Fsp3) is 1.00. The maximum absolute atomic E-state index is 10.2. The molecule has 1 unspecified atom stereocenters. The van der Waals surface area contributed by atoms with E-state index in [9.17, 15) is 4.21 Å². The topological polar surface area (TPSA) is 46.5 Å². The predicted molar refractivity (Wildman–Crippen MR) is 38.7 cm³/mol. The zero-order valence-electron chi connectivity index (χ0n) is 6.00. The average molecular weight is 164 g/mol. The molecule has 1 atom stereocenters. The quantitative estimate of drug-likeness (QED) is 0.629. The van der Waals surface area contributed by atoms with E-state index in [4.69, 9.17) is 8.74 Å². The Morgan fingerprint density at radius 1 is 1.50 bits per heavy atom.